The molecular formula is C27H22ClF6N3O3. The van der Waals surface area contributed by atoms with Gasteiger partial charge < -0.3 is 10.6 Å². The third-order valence-corrected chi connectivity index (χ3v) is 6.51. The molecule has 3 N–H and O–H groups in total. The first-order valence-corrected chi connectivity index (χ1v) is 12.3. The second-order valence-electron chi connectivity index (χ2n) is 9.02. The fraction of sp³-hybridized carbons (Fsp3) is 0.259. The molecule has 0 bridgehead atoms. The van der Waals surface area contributed by atoms with Crippen LogP contribution < -0.4 is 16.1 Å². The van der Waals surface area contributed by atoms with Crippen molar-refractivity contribution in [3.63, 3.8) is 0 Å². The van der Waals surface area contributed by atoms with E-state index in [0.717, 1.165) is 6.07 Å². The molecule has 0 spiro atoms. The molecule has 0 radical (unpaired) electrons. The number of fused-ring (bicyclic) bond motifs is 1. The van der Waals surface area contributed by atoms with Gasteiger partial charge in [-0.05, 0) is 55.0 Å². The smallest absolute Gasteiger partial charge is 0.355 e. The number of rotatable bonds is 6. The summed E-state index contributed by atoms with van der Waals surface area (Å²) in [6.07, 6.45) is -9.51. The largest absolute Gasteiger partial charge is 0.428 e. The first-order chi connectivity index (χ1) is 18.7. The summed E-state index contributed by atoms with van der Waals surface area (Å²) in [7, 11) is 0. The zero-order chi connectivity index (χ0) is 29.5. The number of alkyl halides is 6. The number of hydrogen-bond acceptors (Lipinski definition) is 4. The van der Waals surface area contributed by atoms with Gasteiger partial charge in [-0.1, -0.05) is 41.9 Å². The highest BCUT2D eigenvalue weighted by atomic mass is 35.5. The summed E-state index contributed by atoms with van der Waals surface area (Å²) in [4.78, 5) is 30.0. The predicted octanol–water partition coefficient (Wildman–Crippen LogP) is 6.10. The van der Waals surface area contributed by atoms with E-state index >= 15 is 0 Å². The molecule has 6 nitrogen and oxygen atoms in total. The summed E-state index contributed by atoms with van der Waals surface area (Å²) < 4.78 is 83.5. The lowest BCUT2D eigenvalue weighted by Crippen LogP contribution is -2.44. The van der Waals surface area contributed by atoms with Gasteiger partial charge in [-0.15, -0.1) is 0 Å². The lowest BCUT2D eigenvalue weighted by atomic mass is 9.89. The molecule has 1 heterocycles. The van der Waals surface area contributed by atoms with Gasteiger partial charge in [0, 0.05) is 28.3 Å². The fourth-order valence-electron chi connectivity index (χ4n) is 4.34. The maximum absolute atomic E-state index is 14.5. The summed E-state index contributed by atoms with van der Waals surface area (Å²) in [5.41, 5.74) is -3.18. The van der Waals surface area contributed by atoms with E-state index in [9.17, 15) is 35.9 Å². The van der Waals surface area contributed by atoms with Gasteiger partial charge >= 0.3 is 12.4 Å². The molecule has 0 aliphatic carbocycles. The number of amides is 2. The molecule has 0 fully saturated rings. The second kappa shape index (κ2) is 10.7. The summed E-state index contributed by atoms with van der Waals surface area (Å²) in [6.45, 7) is 3.59. The lowest BCUT2D eigenvalue weighted by molar-refractivity contribution is -0.269. The molecule has 1 aliphatic rings. The maximum atomic E-state index is 14.5. The molecule has 2 unspecified atom stereocenters. The summed E-state index contributed by atoms with van der Waals surface area (Å²) >= 11 is 5.77. The van der Waals surface area contributed by atoms with Crippen molar-refractivity contribution in [1.82, 2.24) is 16.1 Å². The van der Waals surface area contributed by atoms with E-state index in [4.69, 9.17) is 16.4 Å². The Morgan fingerprint density at radius 1 is 1.02 bits per heavy atom. The molecule has 0 saturated carbocycles. The van der Waals surface area contributed by atoms with Gasteiger partial charge in [-0.2, -0.15) is 26.3 Å². The van der Waals surface area contributed by atoms with Crippen molar-refractivity contribution >= 4 is 39.9 Å². The molecule has 3 aromatic carbocycles. The Hall–Kier alpha value is -3.77. The Morgan fingerprint density at radius 3 is 2.33 bits per heavy atom. The monoisotopic (exact) mass is 585 g/mol. The van der Waals surface area contributed by atoms with E-state index in [0.29, 0.717) is 35.5 Å². The summed E-state index contributed by atoms with van der Waals surface area (Å²) in [5.74, 6) is -0.984. The van der Waals surface area contributed by atoms with Crippen molar-refractivity contribution in [2.75, 3.05) is 6.54 Å². The number of likely N-dealkylation sites (N-methyl/N-ethyl adjacent to an activating group) is 1. The molecule has 212 valence electrons. The van der Waals surface area contributed by atoms with Crippen LogP contribution >= 0.6 is 11.6 Å². The van der Waals surface area contributed by atoms with Crippen molar-refractivity contribution in [3.8, 4) is 0 Å². The van der Waals surface area contributed by atoms with Crippen molar-refractivity contribution in [1.29, 1.82) is 0 Å². The Morgan fingerprint density at radius 2 is 1.70 bits per heavy atom. The maximum Gasteiger partial charge on any atom is 0.428 e. The van der Waals surface area contributed by atoms with Crippen LogP contribution in [-0.2, 0) is 21.4 Å². The van der Waals surface area contributed by atoms with Gasteiger partial charge in [0.1, 0.15) is 6.04 Å². The van der Waals surface area contributed by atoms with Crippen LogP contribution in [0.25, 0.3) is 16.5 Å². The van der Waals surface area contributed by atoms with Crippen LogP contribution in [-0.4, -0.2) is 30.6 Å². The normalized spacial score (nSPS) is 18.2. The molecule has 40 heavy (non-hydrogen) atoms. The number of hydrogen-bond donors (Lipinski definition) is 3. The molecule has 3 aromatic rings. The molecule has 1 aliphatic heterocycles. The van der Waals surface area contributed by atoms with E-state index in [-0.39, 0.29) is 16.8 Å². The minimum absolute atomic E-state index is 0.154. The summed E-state index contributed by atoms with van der Waals surface area (Å²) in [5, 5.41) is 5.32. The average molecular weight is 586 g/mol. The Labute approximate surface area is 229 Å². The third-order valence-electron chi connectivity index (χ3n) is 6.30. The van der Waals surface area contributed by atoms with Crippen LogP contribution in [0.5, 0.6) is 0 Å². The van der Waals surface area contributed by atoms with E-state index in [1.165, 1.54) is 19.1 Å². The topological polar surface area (TPSA) is 79.5 Å². The van der Waals surface area contributed by atoms with E-state index in [1.807, 2.05) is 0 Å². The zero-order valence-electron chi connectivity index (χ0n) is 20.9. The third kappa shape index (κ3) is 5.46. The van der Waals surface area contributed by atoms with Gasteiger partial charge in [0.05, 0.1) is 11.3 Å². The number of halogens is 7. The molecule has 2 atom stereocenters. The van der Waals surface area contributed by atoms with Crippen LogP contribution in [0.3, 0.4) is 0 Å². The number of carbonyl (C=O) groups is 2. The Balaban J connectivity index is 1.81. The predicted molar refractivity (Wildman–Crippen MR) is 136 cm³/mol. The van der Waals surface area contributed by atoms with Crippen molar-refractivity contribution in [2.24, 2.45) is 0 Å². The SMILES string of the molecule is CCNC(=O)C(C)NC(=O)c1ccc(C2=CC(c3cc(Cl)cc(C(F)(F)F)c3)(C(F)(F)F)ON2)c2ccccc12. The minimum Gasteiger partial charge on any atom is -0.355 e. The van der Waals surface area contributed by atoms with Crippen LogP contribution in [0.2, 0.25) is 5.02 Å². The van der Waals surface area contributed by atoms with Crippen LogP contribution in [0.4, 0.5) is 26.3 Å². The first-order valence-electron chi connectivity index (χ1n) is 11.9. The molecule has 0 saturated heterocycles. The number of benzene rings is 3. The first kappa shape index (κ1) is 29.2. The molecule has 2 amide bonds. The van der Waals surface area contributed by atoms with Gasteiger partial charge in [-0.3, -0.25) is 19.9 Å². The standard InChI is InChI=1S/C27H22ClF6N3O3/c1-3-35-23(38)14(2)36-24(39)21-9-8-20(18-6-4-5-7-19(18)21)22-13-25(40-37-22,27(32,33)34)15-10-16(26(29,30)31)12-17(28)11-15/h4-14,37H,3H2,1-2H3,(H,35,38)(H,36,39). The Bertz CT molecular complexity index is 1510. The number of nitrogens with one attached hydrogen (secondary N) is 3. The van der Waals surface area contributed by atoms with Crippen molar-refractivity contribution < 1.29 is 40.8 Å². The van der Waals surface area contributed by atoms with Gasteiger partial charge in [0.2, 0.25) is 11.5 Å². The fourth-order valence-corrected chi connectivity index (χ4v) is 4.58. The van der Waals surface area contributed by atoms with Crippen LogP contribution in [0.1, 0.15) is 40.9 Å². The molecule has 13 heteroatoms. The van der Waals surface area contributed by atoms with Gasteiger partial charge in [0.25, 0.3) is 5.91 Å². The number of hydroxylamine groups is 1. The van der Waals surface area contributed by atoms with Crippen molar-refractivity contribution in [3.05, 3.63) is 87.9 Å². The van der Waals surface area contributed by atoms with E-state index in [2.05, 4.69) is 16.1 Å². The molecule has 4 rings (SSSR count). The van der Waals surface area contributed by atoms with E-state index in [1.54, 1.807) is 31.2 Å². The zero-order valence-corrected chi connectivity index (χ0v) is 21.7. The quantitative estimate of drug-likeness (QED) is 0.306. The van der Waals surface area contributed by atoms with Crippen molar-refractivity contribution in [2.45, 2.75) is 37.8 Å². The highest BCUT2D eigenvalue weighted by Gasteiger charge is 2.60. The Kier molecular flexibility index (Phi) is 7.79. The molecule has 0 aromatic heterocycles. The lowest BCUT2D eigenvalue weighted by Gasteiger charge is -2.29. The van der Waals surface area contributed by atoms with Gasteiger partial charge in [0.15, 0.2) is 0 Å². The average Bonchev–Trinajstić information content (AvgIpc) is 3.34. The molecular weight excluding hydrogens is 564 g/mol. The summed E-state index contributed by atoms with van der Waals surface area (Å²) in [6, 6.07) is 9.86. The minimum atomic E-state index is -5.19. The van der Waals surface area contributed by atoms with Crippen LogP contribution in [0.15, 0.2) is 60.7 Å². The highest BCUT2D eigenvalue weighted by molar-refractivity contribution is 6.30. The van der Waals surface area contributed by atoms with E-state index < -0.39 is 52.0 Å². The van der Waals surface area contributed by atoms with Gasteiger partial charge in [-0.25, -0.2) is 0 Å². The van der Waals surface area contributed by atoms with Crippen LogP contribution in [0, 0.1) is 0 Å². The second-order valence-corrected chi connectivity index (χ2v) is 9.45. The highest BCUT2D eigenvalue weighted by Crippen LogP contribution is 2.49. The number of carbonyl (C=O) groups excluding carboxylic acids is 2.